The van der Waals surface area contributed by atoms with E-state index in [1.54, 1.807) is 0 Å². The molecule has 0 aromatic carbocycles. The van der Waals surface area contributed by atoms with Crippen LogP contribution in [0, 0.1) is 5.41 Å². The molecule has 0 aliphatic carbocycles. The minimum absolute atomic E-state index is 0.00771. The fraction of sp³-hybridized carbons (Fsp3) is 1.00. The van der Waals surface area contributed by atoms with Gasteiger partial charge in [0, 0.05) is 0 Å². The molecule has 0 bridgehead atoms. The molecule has 1 atom stereocenters. The molecule has 1 N–H and O–H groups in total. The molecule has 0 aromatic heterocycles. The molecular weight excluding hydrogens is 143 g/mol. The summed E-state index contributed by atoms with van der Waals surface area (Å²) in [5.41, 5.74) is -1.42. The fourth-order valence-electron chi connectivity index (χ4n) is 1.18. The highest BCUT2D eigenvalue weighted by molar-refractivity contribution is 4.80. The number of hydrogen-bond donors (Lipinski definition) is 1. The molecule has 0 amide bonds. The van der Waals surface area contributed by atoms with E-state index in [1.807, 2.05) is 20.8 Å². The number of rotatable bonds is 4. The van der Waals surface area contributed by atoms with Crippen molar-refractivity contribution in [2.45, 2.75) is 46.2 Å². The molecule has 1 nitrogen and oxygen atoms in total. The molecule has 68 valence electrons. The lowest BCUT2D eigenvalue weighted by molar-refractivity contribution is 0.0429. The summed E-state index contributed by atoms with van der Waals surface area (Å²) >= 11 is 0. The molecule has 0 fully saturated rings. The molecule has 0 aliphatic heterocycles. The van der Waals surface area contributed by atoms with Crippen molar-refractivity contribution in [3.05, 3.63) is 0 Å². The third-order valence-corrected chi connectivity index (χ3v) is 2.13. The maximum absolute atomic E-state index is 13.3. The van der Waals surface area contributed by atoms with Gasteiger partial charge in [0.05, 0.1) is 6.61 Å². The maximum atomic E-state index is 13.3. The number of hydrogen-bond acceptors (Lipinski definition) is 1. The summed E-state index contributed by atoms with van der Waals surface area (Å²) in [5, 5.41) is 8.68. The van der Waals surface area contributed by atoms with Crippen LogP contribution in [0.1, 0.15) is 40.5 Å². The van der Waals surface area contributed by atoms with Crippen LogP contribution in [0.4, 0.5) is 4.39 Å². The molecule has 1 unspecified atom stereocenters. The van der Waals surface area contributed by atoms with Crippen LogP contribution in [0.2, 0.25) is 0 Å². The Kier molecular flexibility index (Phi) is 3.49. The lowest BCUT2D eigenvalue weighted by Crippen LogP contribution is -2.30. The van der Waals surface area contributed by atoms with E-state index < -0.39 is 5.67 Å². The molecule has 0 saturated carbocycles. The van der Waals surface area contributed by atoms with E-state index in [0.29, 0.717) is 6.42 Å². The zero-order valence-electron chi connectivity index (χ0n) is 7.95. The molecule has 0 heterocycles. The summed E-state index contributed by atoms with van der Waals surface area (Å²) in [5.74, 6) is 0. The van der Waals surface area contributed by atoms with E-state index >= 15 is 0 Å². The SMILES string of the molecule is CCC(C)(C)CC(C)(F)CO. The number of halogens is 1. The van der Waals surface area contributed by atoms with Gasteiger partial charge in [0.25, 0.3) is 0 Å². The smallest absolute Gasteiger partial charge is 0.131 e. The van der Waals surface area contributed by atoms with Gasteiger partial charge in [-0.1, -0.05) is 27.2 Å². The van der Waals surface area contributed by atoms with E-state index in [1.165, 1.54) is 6.92 Å². The average Bonchev–Trinajstić information content (AvgIpc) is 1.86. The normalized spacial score (nSPS) is 18.0. The van der Waals surface area contributed by atoms with Crippen LogP contribution in [0.5, 0.6) is 0 Å². The highest BCUT2D eigenvalue weighted by atomic mass is 19.1. The average molecular weight is 162 g/mol. The second-order valence-electron chi connectivity index (χ2n) is 4.27. The Labute approximate surface area is 68.6 Å². The summed E-state index contributed by atoms with van der Waals surface area (Å²) in [4.78, 5) is 0. The molecule has 2 heteroatoms. The molecule has 0 aliphatic rings. The fourth-order valence-corrected chi connectivity index (χ4v) is 1.18. The van der Waals surface area contributed by atoms with Crippen molar-refractivity contribution in [3.63, 3.8) is 0 Å². The van der Waals surface area contributed by atoms with Gasteiger partial charge in [0.1, 0.15) is 5.67 Å². The molecular formula is C9H19FO. The summed E-state index contributed by atoms with van der Waals surface area (Å²) in [6.07, 6.45) is 1.36. The zero-order chi connectivity index (χ0) is 9.12. The summed E-state index contributed by atoms with van der Waals surface area (Å²) in [7, 11) is 0. The van der Waals surface area contributed by atoms with Crippen molar-refractivity contribution in [1.29, 1.82) is 0 Å². The molecule has 11 heavy (non-hydrogen) atoms. The van der Waals surface area contributed by atoms with Crippen molar-refractivity contribution in [2.24, 2.45) is 5.41 Å². The van der Waals surface area contributed by atoms with Crippen LogP contribution in [0.3, 0.4) is 0 Å². The Bertz CT molecular complexity index is 105. The lowest BCUT2D eigenvalue weighted by Gasteiger charge is -2.29. The first-order valence-corrected chi connectivity index (χ1v) is 4.13. The van der Waals surface area contributed by atoms with E-state index in [4.69, 9.17) is 5.11 Å². The molecule has 0 aromatic rings. The third-order valence-electron chi connectivity index (χ3n) is 2.13. The van der Waals surface area contributed by atoms with Gasteiger partial charge in [0.2, 0.25) is 0 Å². The topological polar surface area (TPSA) is 20.2 Å². The third kappa shape index (κ3) is 4.35. The summed E-state index contributed by atoms with van der Waals surface area (Å²) in [6, 6.07) is 0. The highest BCUT2D eigenvalue weighted by Gasteiger charge is 2.30. The van der Waals surface area contributed by atoms with Crippen LogP contribution in [-0.2, 0) is 0 Å². The molecule has 0 rings (SSSR count). The number of aliphatic hydroxyl groups excluding tert-OH is 1. The zero-order valence-corrected chi connectivity index (χ0v) is 7.95. The largest absolute Gasteiger partial charge is 0.393 e. The lowest BCUT2D eigenvalue weighted by atomic mass is 9.80. The quantitative estimate of drug-likeness (QED) is 0.673. The Morgan fingerprint density at radius 2 is 1.73 bits per heavy atom. The van der Waals surface area contributed by atoms with E-state index in [9.17, 15) is 4.39 Å². The van der Waals surface area contributed by atoms with Gasteiger partial charge >= 0.3 is 0 Å². The summed E-state index contributed by atoms with van der Waals surface area (Å²) in [6.45, 7) is 7.13. The van der Waals surface area contributed by atoms with Gasteiger partial charge < -0.3 is 5.11 Å². The number of aliphatic hydroxyl groups is 1. The van der Waals surface area contributed by atoms with Crippen LogP contribution in [0.25, 0.3) is 0 Å². The van der Waals surface area contributed by atoms with Gasteiger partial charge in [-0.15, -0.1) is 0 Å². The predicted octanol–water partition coefficient (Wildman–Crippen LogP) is 2.53. The van der Waals surface area contributed by atoms with Crippen molar-refractivity contribution >= 4 is 0 Å². The Balaban J connectivity index is 4.02. The van der Waals surface area contributed by atoms with Gasteiger partial charge in [-0.2, -0.15) is 0 Å². The van der Waals surface area contributed by atoms with Gasteiger partial charge in [-0.05, 0) is 18.8 Å². The molecule has 0 radical (unpaired) electrons. The van der Waals surface area contributed by atoms with E-state index in [0.717, 1.165) is 6.42 Å². The van der Waals surface area contributed by atoms with E-state index in [-0.39, 0.29) is 12.0 Å². The Hall–Kier alpha value is -0.110. The van der Waals surface area contributed by atoms with Crippen molar-refractivity contribution in [2.75, 3.05) is 6.61 Å². The van der Waals surface area contributed by atoms with Crippen LogP contribution >= 0.6 is 0 Å². The Morgan fingerprint density at radius 3 is 2.00 bits per heavy atom. The first-order chi connectivity index (χ1) is 4.83. The minimum atomic E-state index is -1.42. The first kappa shape index (κ1) is 10.9. The predicted molar refractivity (Wildman–Crippen MR) is 45.3 cm³/mol. The van der Waals surface area contributed by atoms with E-state index in [2.05, 4.69) is 0 Å². The Morgan fingerprint density at radius 1 is 1.27 bits per heavy atom. The molecule has 0 saturated heterocycles. The highest BCUT2D eigenvalue weighted by Crippen LogP contribution is 2.32. The minimum Gasteiger partial charge on any atom is -0.393 e. The second kappa shape index (κ2) is 3.53. The van der Waals surface area contributed by atoms with Gasteiger partial charge in [-0.25, -0.2) is 4.39 Å². The standard InChI is InChI=1S/C9H19FO/c1-5-8(2,3)6-9(4,10)7-11/h11H,5-7H2,1-4H3. The van der Waals surface area contributed by atoms with Crippen molar-refractivity contribution < 1.29 is 9.50 Å². The summed E-state index contributed by atoms with van der Waals surface area (Å²) < 4.78 is 13.3. The second-order valence-corrected chi connectivity index (χ2v) is 4.27. The monoisotopic (exact) mass is 162 g/mol. The first-order valence-electron chi connectivity index (χ1n) is 4.13. The van der Waals surface area contributed by atoms with Crippen LogP contribution in [-0.4, -0.2) is 17.4 Å². The van der Waals surface area contributed by atoms with Crippen LogP contribution < -0.4 is 0 Å². The maximum Gasteiger partial charge on any atom is 0.131 e. The van der Waals surface area contributed by atoms with Gasteiger partial charge in [0.15, 0.2) is 0 Å². The molecule has 0 spiro atoms. The van der Waals surface area contributed by atoms with Crippen LogP contribution in [0.15, 0.2) is 0 Å². The number of alkyl halides is 1. The van der Waals surface area contributed by atoms with Gasteiger partial charge in [-0.3, -0.25) is 0 Å². The van der Waals surface area contributed by atoms with Crippen molar-refractivity contribution in [1.82, 2.24) is 0 Å². The van der Waals surface area contributed by atoms with Crippen molar-refractivity contribution in [3.8, 4) is 0 Å².